The summed E-state index contributed by atoms with van der Waals surface area (Å²) in [7, 11) is -4.51. The number of hydrogen-bond donors (Lipinski definition) is 4. The maximum atomic E-state index is 11.0. The molecule has 0 aromatic rings. The van der Waals surface area contributed by atoms with Gasteiger partial charge in [0, 0.05) is 6.42 Å². The molecule has 0 aromatic carbocycles. The molecular formula is C8H13O10P. The van der Waals surface area contributed by atoms with Gasteiger partial charge in [0.15, 0.2) is 0 Å². The van der Waals surface area contributed by atoms with E-state index in [1.165, 1.54) is 0 Å². The second kappa shape index (κ2) is 7.72. The van der Waals surface area contributed by atoms with E-state index in [1.807, 2.05) is 0 Å². The third kappa shape index (κ3) is 10.0. The number of aliphatic carboxylic acids is 1. The monoisotopic (exact) mass is 300 g/mol. The summed E-state index contributed by atoms with van der Waals surface area (Å²) in [4.78, 5) is 48.9. The summed E-state index contributed by atoms with van der Waals surface area (Å²) in [5.74, 6) is -3.77. The molecule has 0 saturated heterocycles. The Labute approximate surface area is 107 Å². The molecule has 0 aromatic heterocycles. The van der Waals surface area contributed by atoms with Crippen LogP contribution < -0.4 is 0 Å². The van der Waals surface area contributed by atoms with Crippen LogP contribution in [-0.4, -0.2) is 51.0 Å². The molecule has 0 amide bonds. The fourth-order valence-corrected chi connectivity index (χ4v) is 2.00. The standard InChI is InChI=1S/C8H13O10P/c9-6(17-4-18-8(12)13)2-1-5(7(10)11)3-19(14,15)16/h5H,1-4H2,(H,10,11)(H,12,13)(H2,14,15,16). The van der Waals surface area contributed by atoms with E-state index in [0.29, 0.717) is 0 Å². The first-order valence-corrected chi connectivity index (χ1v) is 6.70. The van der Waals surface area contributed by atoms with Crippen LogP contribution in [0, 0.1) is 5.92 Å². The Hall–Kier alpha value is -1.64. The van der Waals surface area contributed by atoms with Crippen LogP contribution in [0.4, 0.5) is 4.79 Å². The van der Waals surface area contributed by atoms with Crippen molar-refractivity contribution < 1.29 is 48.4 Å². The summed E-state index contributed by atoms with van der Waals surface area (Å²) in [5, 5.41) is 16.8. The van der Waals surface area contributed by atoms with Crippen molar-refractivity contribution >= 4 is 25.7 Å². The number of carboxylic acid groups (broad SMARTS) is 2. The zero-order valence-electron chi connectivity index (χ0n) is 9.59. The molecule has 0 saturated carbocycles. The molecule has 0 aliphatic carbocycles. The fourth-order valence-electron chi connectivity index (χ4n) is 1.09. The summed E-state index contributed by atoms with van der Waals surface area (Å²) < 4.78 is 18.8. The van der Waals surface area contributed by atoms with Gasteiger partial charge in [-0.3, -0.25) is 14.2 Å². The average Bonchev–Trinajstić information content (AvgIpc) is 2.21. The van der Waals surface area contributed by atoms with Gasteiger partial charge in [-0.05, 0) is 6.42 Å². The van der Waals surface area contributed by atoms with Crippen LogP contribution >= 0.6 is 7.60 Å². The molecule has 0 radical (unpaired) electrons. The van der Waals surface area contributed by atoms with Crippen molar-refractivity contribution in [3.05, 3.63) is 0 Å². The van der Waals surface area contributed by atoms with E-state index < -0.39 is 51.0 Å². The SMILES string of the molecule is O=C(O)OCOC(=O)CCC(CP(=O)(O)O)C(=O)O. The van der Waals surface area contributed by atoms with Crippen LogP contribution in [-0.2, 0) is 23.6 Å². The average molecular weight is 300 g/mol. The quantitative estimate of drug-likeness (QED) is 0.268. The van der Waals surface area contributed by atoms with Gasteiger partial charge in [0.05, 0.1) is 12.1 Å². The highest BCUT2D eigenvalue weighted by Gasteiger charge is 2.27. The Morgan fingerprint density at radius 3 is 2.11 bits per heavy atom. The summed E-state index contributed by atoms with van der Waals surface area (Å²) in [5.41, 5.74) is 0. The second-order valence-electron chi connectivity index (χ2n) is 3.47. The summed E-state index contributed by atoms with van der Waals surface area (Å²) >= 11 is 0. The Balaban J connectivity index is 4.11. The molecule has 4 N–H and O–H groups in total. The molecule has 1 unspecified atom stereocenters. The number of esters is 1. The minimum absolute atomic E-state index is 0.341. The van der Waals surface area contributed by atoms with Gasteiger partial charge in [-0.15, -0.1) is 0 Å². The number of carboxylic acids is 1. The van der Waals surface area contributed by atoms with Gasteiger partial charge in [0.2, 0.25) is 6.79 Å². The normalized spacial score (nSPS) is 12.5. The van der Waals surface area contributed by atoms with Gasteiger partial charge in [0.25, 0.3) is 0 Å². The van der Waals surface area contributed by atoms with Crippen LogP contribution in [0.2, 0.25) is 0 Å². The zero-order valence-corrected chi connectivity index (χ0v) is 10.5. The molecule has 0 heterocycles. The van der Waals surface area contributed by atoms with E-state index in [2.05, 4.69) is 9.47 Å². The van der Waals surface area contributed by atoms with Crippen molar-refractivity contribution in [1.29, 1.82) is 0 Å². The first-order chi connectivity index (χ1) is 8.61. The number of ether oxygens (including phenoxy) is 2. The first-order valence-electron chi connectivity index (χ1n) is 4.90. The van der Waals surface area contributed by atoms with Gasteiger partial charge in [-0.2, -0.15) is 0 Å². The first kappa shape index (κ1) is 17.4. The largest absolute Gasteiger partial charge is 0.508 e. The smallest absolute Gasteiger partial charge is 0.481 e. The third-order valence-corrected chi connectivity index (χ3v) is 2.82. The van der Waals surface area contributed by atoms with E-state index in [-0.39, 0.29) is 6.42 Å². The lowest BCUT2D eigenvalue weighted by Gasteiger charge is -2.12. The molecule has 1 atom stereocenters. The Morgan fingerprint density at radius 2 is 1.68 bits per heavy atom. The number of carbonyl (C=O) groups is 3. The van der Waals surface area contributed by atoms with Gasteiger partial charge >= 0.3 is 25.7 Å². The lowest BCUT2D eigenvalue weighted by atomic mass is 10.1. The van der Waals surface area contributed by atoms with Crippen LogP contribution in [0.15, 0.2) is 0 Å². The number of rotatable bonds is 8. The predicted octanol–water partition coefficient (Wildman–Crippen LogP) is -0.160. The van der Waals surface area contributed by atoms with Crippen LogP contribution in [0.1, 0.15) is 12.8 Å². The van der Waals surface area contributed by atoms with Crippen molar-refractivity contribution in [3.63, 3.8) is 0 Å². The van der Waals surface area contributed by atoms with Crippen LogP contribution in [0.5, 0.6) is 0 Å². The zero-order chi connectivity index (χ0) is 15.1. The molecule has 0 bridgehead atoms. The van der Waals surface area contributed by atoms with Crippen LogP contribution in [0.3, 0.4) is 0 Å². The van der Waals surface area contributed by atoms with Gasteiger partial charge < -0.3 is 29.5 Å². The van der Waals surface area contributed by atoms with Crippen molar-refractivity contribution in [3.8, 4) is 0 Å². The molecule has 0 spiro atoms. The van der Waals surface area contributed by atoms with Crippen molar-refractivity contribution in [2.45, 2.75) is 12.8 Å². The van der Waals surface area contributed by atoms with Crippen molar-refractivity contribution in [1.82, 2.24) is 0 Å². The van der Waals surface area contributed by atoms with Gasteiger partial charge in [0.1, 0.15) is 0 Å². The third-order valence-electron chi connectivity index (χ3n) is 1.91. The maximum Gasteiger partial charge on any atom is 0.508 e. The van der Waals surface area contributed by atoms with E-state index in [1.54, 1.807) is 0 Å². The van der Waals surface area contributed by atoms with E-state index in [9.17, 15) is 18.9 Å². The van der Waals surface area contributed by atoms with Gasteiger partial charge in [-0.1, -0.05) is 0 Å². The van der Waals surface area contributed by atoms with E-state index in [0.717, 1.165) is 0 Å². The second-order valence-corrected chi connectivity index (χ2v) is 5.16. The molecule has 19 heavy (non-hydrogen) atoms. The molecule has 110 valence electrons. The summed E-state index contributed by atoms with van der Waals surface area (Å²) in [6.45, 7) is -0.829. The van der Waals surface area contributed by atoms with E-state index in [4.69, 9.17) is 20.0 Å². The molecule has 0 aliphatic rings. The van der Waals surface area contributed by atoms with Crippen LogP contribution in [0.25, 0.3) is 0 Å². The molecule has 0 fully saturated rings. The summed E-state index contributed by atoms with van der Waals surface area (Å²) in [6, 6.07) is 0. The predicted molar refractivity (Wildman–Crippen MR) is 57.3 cm³/mol. The number of hydrogen-bond acceptors (Lipinski definition) is 6. The minimum Gasteiger partial charge on any atom is -0.481 e. The Morgan fingerprint density at radius 1 is 1.11 bits per heavy atom. The van der Waals surface area contributed by atoms with Crippen molar-refractivity contribution in [2.75, 3.05) is 13.0 Å². The lowest BCUT2D eigenvalue weighted by molar-refractivity contribution is -0.153. The minimum atomic E-state index is -4.51. The highest BCUT2D eigenvalue weighted by molar-refractivity contribution is 7.51. The fraction of sp³-hybridized carbons (Fsp3) is 0.625. The highest BCUT2D eigenvalue weighted by atomic mass is 31.2. The van der Waals surface area contributed by atoms with Crippen molar-refractivity contribution in [2.24, 2.45) is 5.92 Å². The molecule has 10 nitrogen and oxygen atoms in total. The van der Waals surface area contributed by atoms with Gasteiger partial charge in [-0.25, -0.2) is 4.79 Å². The highest BCUT2D eigenvalue weighted by Crippen LogP contribution is 2.38. The molecule has 0 aliphatic heterocycles. The summed E-state index contributed by atoms with van der Waals surface area (Å²) in [6.07, 6.45) is -3.30. The maximum absolute atomic E-state index is 11.0. The number of carbonyl (C=O) groups excluding carboxylic acids is 1. The Kier molecular flexibility index (Phi) is 7.05. The topological polar surface area (TPSA) is 168 Å². The Bertz CT molecular complexity index is 385. The molecule has 0 rings (SSSR count). The lowest BCUT2D eigenvalue weighted by Crippen LogP contribution is -2.20. The molecular weight excluding hydrogens is 287 g/mol. The van der Waals surface area contributed by atoms with E-state index >= 15 is 0 Å². The molecule has 11 heteroatoms.